The predicted molar refractivity (Wildman–Crippen MR) is 144 cm³/mol. The number of benzene rings is 1. The molecule has 0 bridgehead atoms. The van der Waals surface area contributed by atoms with Crippen molar-refractivity contribution in [3.63, 3.8) is 0 Å². The van der Waals surface area contributed by atoms with Gasteiger partial charge in [0, 0.05) is 5.92 Å². The Morgan fingerprint density at radius 2 is 1.52 bits per heavy atom. The van der Waals surface area contributed by atoms with Gasteiger partial charge in [0.15, 0.2) is 5.78 Å². The van der Waals surface area contributed by atoms with E-state index in [1.54, 1.807) is 19.9 Å². The topological polar surface area (TPSA) is 272 Å². The summed E-state index contributed by atoms with van der Waals surface area (Å²) in [5.41, 5.74) is 17.2. The number of rotatable bonds is 18. The SMILES string of the molecule is CC(C)C[C@H](NC(=O)[C@@H](N)CCCN)C(=O)N[C@@H](CO)[C@@H](O)[C@@H](O)C(=O)C(O)C(c1ccccc1)[C@H](N)C(=O)O. The predicted octanol–water partition coefficient (Wildman–Crippen LogP) is -3.09. The Kier molecular flexibility index (Phi) is 14.9. The minimum Gasteiger partial charge on any atom is -0.480 e. The van der Waals surface area contributed by atoms with E-state index in [2.05, 4.69) is 10.6 Å². The molecule has 0 aromatic heterocycles. The zero-order valence-electron chi connectivity index (χ0n) is 22.7. The third-order valence-corrected chi connectivity index (χ3v) is 6.44. The normalized spacial score (nSPS) is 17.6. The molecule has 0 aliphatic rings. The van der Waals surface area contributed by atoms with E-state index in [4.69, 9.17) is 17.2 Å². The minimum atomic E-state index is -2.34. The number of aliphatic carboxylic acids is 1. The van der Waals surface area contributed by atoms with E-state index in [0.717, 1.165) is 0 Å². The standard InChI is InChI=1S/C26H43N5O9/c1-13(2)11-16(30-24(37)15(28)9-6-10-27)25(38)31-17(12-32)20(33)22(35)23(36)21(34)18(19(29)26(39)40)14-7-4-3-5-8-14/h3-5,7-8,13,15-22,32-35H,6,9-12,27-29H2,1-2H3,(H,30,37)(H,31,38)(H,39,40)/t15-,16-,17-,18?,19-,20+,21?,22+/m0/s1. The van der Waals surface area contributed by atoms with Crippen molar-refractivity contribution in [2.24, 2.45) is 23.1 Å². The number of carboxylic acids is 1. The number of nitrogens with two attached hydrogens (primary N) is 3. The van der Waals surface area contributed by atoms with Gasteiger partial charge in [-0.15, -0.1) is 0 Å². The monoisotopic (exact) mass is 569 g/mol. The van der Waals surface area contributed by atoms with Crippen molar-refractivity contribution >= 4 is 23.6 Å². The number of amides is 2. The van der Waals surface area contributed by atoms with Crippen molar-refractivity contribution in [3.05, 3.63) is 35.9 Å². The summed E-state index contributed by atoms with van der Waals surface area (Å²) < 4.78 is 0. The van der Waals surface area contributed by atoms with Crippen molar-refractivity contribution in [1.29, 1.82) is 0 Å². The molecule has 14 heteroatoms. The third kappa shape index (κ3) is 10.2. The molecule has 14 nitrogen and oxygen atoms in total. The quantitative estimate of drug-likeness (QED) is 0.0842. The van der Waals surface area contributed by atoms with Crippen LogP contribution >= 0.6 is 0 Å². The second-order valence-electron chi connectivity index (χ2n) is 10.1. The summed E-state index contributed by atoms with van der Waals surface area (Å²) in [7, 11) is 0. The molecule has 1 rings (SSSR count). The number of carbonyl (C=O) groups excluding carboxylic acids is 3. The van der Waals surface area contributed by atoms with Crippen LogP contribution in [-0.4, -0.2) is 105 Å². The fraction of sp³-hybridized carbons (Fsp3) is 0.615. The minimum absolute atomic E-state index is 0.0653. The highest BCUT2D eigenvalue weighted by molar-refractivity contribution is 5.91. The van der Waals surface area contributed by atoms with Crippen LogP contribution in [-0.2, 0) is 19.2 Å². The summed E-state index contributed by atoms with van der Waals surface area (Å²) >= 11 is 0. The summed E-state index contributed by atoms with van der Waals surface area (Å²) in [6.07, 6.45) is -5.66. The first kappa shape index (κ1) is 35.0. The van der Waals surface area contributed by atoms with Gasteiger partial charge in [-0.1, -0.05) is 44.2 Å². The van der Waals surface area contributed by atoms with Crippen molar-refractivity contribution in [2.45, 2.75) is 81.5 Å². The number of aliphatic hydroxyl groups is 4. The number of Topliss-reactive ketones (excluding diaryl/α,β-unsaturated/α-hetero) is 1. The van der Waals surface area contributed by atoms with E-state index in [1.807, 2.05) is 0 Å². The van der Waals surface area contributed by atoms with Gasteiger partial charge in [-0.25, -0.2) is 0 Å². The molecule has 8 atom stereocenters. The molecule has 0 saturated heterocycles. The van der Waals surface area contributed by atoms with Gasteiger partial charge in [0.25, 0.3) is 0 Å². The smallest absolute Gasteiger partial charge is 0.321 e. The lowest BCUT2D eigenvalue weighted by Gasteiger charge is -2.31. The molecule has 0 fully saturated rings. The molecule has 226 valence electrons. The lowest BCUT2D eigenvalue weighted by atomic mass is 9.83. The summed E-state index contributed by atoms with van der Waals surface area (Å²) in [6.45, 7) is 3.00. The molecule has 0 spiro atoms. The first-order valence-corrected chi connectivity index (χ1v) is 13.0. The second kappa shape index (κ2) is 17.0. The highest BCUT2D eigenvalue weighted by atomic mass is 16.4. The molecule has 0 saturated carbocycles. The Bertz CT molecular complexity index is 965. The zero-order valence-corrected chi connectivity index (χ0v) is 22.7. The Hall–Kier alpha value is -2.98. The number of carboxylic acid groups (broad SMARTS) is 1. The van der Waals surface area contributed by atoms with Gasteiger partial charge < -0.3 is 53.4 Å². The lowest BCUT2D eigenvalue weighted by molar-refractivity contribution is -0.148. The van der Waals surface area contributed by atoms with E-state index in [1.165, 1.54) is 24.3 Å². The highest BCUT2D eigenvalue weighted by Gasteiger charge is 2.42. The number of carbonyl (C=O) groups is 4. The number of aliphatic hydroxyl groups excluding tert-OH is 4. The number of hydrogen-bond donors (Lipinski definition) is 10. The van der Waals surface area contributed by atoms with E-state index in [-0.39, 0.29) is 17.9 Å². The maximum atomic E-state index is 13.0. The van der Waals surface area contributed by atoms with Gasteiger partial charge in [0.05, 0.1) is 18.7 Å². The van der Waals surface area contributed by atoms with Crippen LogP contribution in [0.4, 0.5) is 0 Å². The van der Waals surface area contributed by atoms with E-state index < -0.39 is 78.6 Å². The van der Waals surface area contributed by atoms with E-state index in [9.17, 15) is 44.7 Å². The lowest BCUT2D eigenvalue weighted by Crippen LogP contribution is -2.59. The van der Waals surface area contributed by atoms with Gasteiger partial charge >= 0.3 is 5.97 Å². The van der Waals surface area contributed by atoms with Crippen LogP contribution in [0.5, 0.6) is 0 Å². The first-order valence-electron chi connectivity index (χ1n) is 13.0. The fourth-order valence-electron chi connectivity index (χ4n) is 4.13. The molecule has 2 unspecified atom stereocenters. The Morgan fingerprint density at radius 3 is 2.02 bits per heavy atom. The Morgan fingerprint density at radius 1 is 0.925 bits per heavy atom. The highest BCUT2D eigenvalue weighted by Crippen LogP contribution is 2.25. The van der Waals surface area contributed by atoms with E-state index in [0.29, 0.717) is 19.4 Å². The molecule has 0 aliphatic carbocycles. The first-order chi connectivity index (χ1) is 18.8. The molecular weight excluding hydrogens is 526 g/mol. The summed E-state index contributed by atoms with van der Waals surface area (Å²) in [5.74, 6) is -5.86. The molecule has 13 N–H and O–H groups in total. The van der Waals surface area contributed by atoms with Gasteiger partial charge in [-0.05, 0) is 37.3 Å². The maximum absolute atomic E-state index is 13.0. The summed E-state index contributed by atoms with van der Waals surface area (Å²) in [4.78, 5) is 50.0. The number of hydrogen-bond acceptors (Lipinski definition) is 11. The number of nitrogens with one attached hydrogen (secondary N) is 2. The largest absolute Gasteiger partial charge is 0.480 e. The molecule has 2 amide bonds. The molecular formula is C26H43N5O9. The van der Waals surface area contributed by atoms with Crippen molar-refractivity contribution in [2.75, 3.05) is 13.2 Å². The third-order valence-electron chi connectivity index (χ3n) is 6.44. The molecule has 0 heterocycles. The van der Waals surface area contributed by atoms with Crippen LogP contribution in [0.15, 0.2) is 30.3 Å². The number of ketones is 1. The fourth-order valence-corrected chi connectivity index (χ4v) is 4.13. The second-order valence-corrected chi connectivity index (χ2v) is 10.1. The van der Waals surface area contributed by atoms with E-state index >= 15 is 0 Å². The molecule has 0 radical (unpaired) electrons. The zero-order chi connectivity index (χ0) is 30.6. The molecule has 1 aromatic carbocycles. The average Bonchev–Trinajstić information content (AvgIpc) is 2.92. The Balaban J connectivity index is 3.06. The molecule has 1 aromatic rings. The van der Waals surface area contributed by atoms with Crippen LogP contribution in [0, 0.1) is 5.92 Å². The van der Waals surface area contributed by atoms with Gasteiger partial charge in [-0.2, -0.15) is 0 Å². The Labute approximate surface area is 232 Å². The summed E-state index contributed by atoms with van der Waals surface area (Å²) in [5, 5.41) is 56.0. The van der Waals surface area contributed by atoms with Crippen molar-refractivity contribution in [3.8, 4) is 0 Å². The van der Waals surface area contributed by atoms with Crippen LogP contribution in [0.3, 0.4) is 0 Å². The van der Waals surface area contributed by atoms with Crippen LogP contribution in [0.25, 0.3) is 0 Å². The van der Waals surface area contributed by atoms with Crippen LogP contribution in [0.1, 0.15) is 44.6 Å². The van der Waals surface area contributed by atoms with Crippen molar-refractivity contribution < 1.29 is 44.7 Å². The summed E-state index contributed by atoms with van der Waals surface area (Å²) in [6, 6.07) is 2.20. The van der Waals surface area contributed by atoms with Gasteiger partial charge in [-0.3, -0.25) is 19.2 Å². The van der Waals surface area contributed by atoms with Crippen molar-refractivity contribution in [1.82, 2.24) is 10.6 Å². The molecule has 0 aliphatic heterocycles. The molecule has 40 heavy (non-hydrogen) atoms. The van der Waals surface area contributed by atoms with Gasteiger partial charge in [0.1, 0.15) is 30.4 Å². The van der Waals surface area contributed by atoms with Gasteiger partial charge in [0.2, 0.25) is 11.8 Å². The average molecular weight is 570 g/mol. The van der Waals surface area contributed by atoms with Crippen LogP contribution in [0.2, 0.25) is 0 Å². The maximum Gasteiger partial charge on any atom is 0.321 e. The van der Waals surface area contributed by atoms with Crippen LogP contribution < -0.4 is 27.8 Å².